The molecular formula is C15H8Cl6O. The molecule has 0 aromatic heterocycles. The van der Waals surface area contributed by atoms with E-state index >= 15 is 0 Å². The second-order valence-electron chi connectivity index (χ2n) is 4.42. The number of carbonyl (C=O) groups excluding carboxylic acids is 1. The van der Waals surface area contributed by atoms with E-state index in [-0.39, 0.29) is 28.0 Å². The van der Waals surface area contributed by atoms with Gasteiger partial charge in [0.15, 0.2) is 5.78 Å². The second-order valence-corrected chi connectivity index (χ2v) is 8.98. The van der Waals surface area contributed by atoms with Gasteiger partial charge in [0.1, 0.15) is 0 Å². The van der Waals surface area contributed by atoms with Crippen LogP contribution < -0.4 is 0 Å². The summed E-state index contributed by atoms with van der Waals surface area (Å²) in [7, 11) is 0. The number of hydrogen-bond donors (Lipinski definition) is 0. The van der Waals surface area contributed by atoms with Crippen molar-refractivity contribution in [3.8, 4) is 0 Å². The van der Waals surface area contributed by atoms with Crippen molar-refractivity contribution in [1.29, 1.82) is 0 Å². The second kappa shape index (κ2) is 6.76. The van der Waals surface area contributed by atoms with E-state index in [0.717, 1.165) is 0 Å². The fourth-order valence-corrected chi connectivity index (χ4v) is 2.99. The van der Waals surface area contributed by atoms with Crippen LogP contribution in [0, 0.1) is 0 Å². The van der Waals surface area contributed by atoms with Gasteiger partial charge in [-0.05, 0) is 0 Å². The van der Waals surface area contributed by atoms with E-state index in [9.17, 15) is 4.79 Å². The Kier molecular flexibility index (Phi) is 5.59. The molecule has 0 saturated carbocycles. The third-order valence-electron chi connectivity index (χ3n) is 2.95. The summed E-state index contributed by atoms with van der Waals surface area (Å²) in [5.41, 5.74) is 1.02. The molecule has 0 aliphatic carbocycles. The van der Waals surface area contributed by atoms with Gasteiger partial charge in [-0.15, -0.1) is 0 Å². The van der Waals surface area contributed by atoms with E-state index < -0.39 is 7.59 Å². The van der Waals surface area contributed by atoms with Crippen LogP contribution in [0.5, 0.6) is 0 Å². The molecule has 22 heavy (non-hydrogen) atoms. The maximum atomic E-state index is 12.8. The number of carbonyl (C=O) groups is 1. The topological polar surface area (TPSA) is 17.1 Å². The van der Waals surface area contributed by atoms with Crippen molar-refractivity contribution in [1.82, 2.24) is 0 Å². The predicted molar refractivity (Wildman–Crippen MR) is 94.8 cm³/mol. The number of halogens is 6. The maximum absolute atomic E-state index is 12.8. The van der Waals surface area contributed by atoms with Crippen LogP contribution in [0.3, 0.4) is 0 Å². The lowest BCUT2D eigenvalue weighted by Gasteiger charge is -2.19. The van der Waals surface area contributed by atoms with Gasteiger partial charge in [-0.1, -0.05) is 118 Å². The first-order chi connectivity index (χ1) is 10.1. The van der Waals surface area contributed by atoms with Gasteiger partial charge < -0.3 is 0 Å². The lowest BCUT2D eigenvalue weighted by atomic mass is 9.96. The van der Waals surface area contributed by atoms with Crippen LogP contribution >= 0.6 is 69.6 Å². The minimum Gasteiger partial charge on any atom is -0.289 e. The fourth-order valence-electron chi connectivity index (χ4n) is 2.00. The largest absolute Gasteiger partial charge is 0.289 e. The Bertz CT molecular complexity index is 640. The number of ketones is 1. The molecule has 0 heterocycles. The minimum absolute atomic E-state index is 0.240. The van der Waals surface area contributed by atoms with Crippen LogP contribution in [0.4, 0.5) is 0 Å². The molecule has 2 rings (SSSR count). The van der Waals surface area contributed by atoms with Gasteiger partial charge in [-0.25, -0.2) is 0 Å². The van der Waals surface area contributed by atoms with Gasteiger partial charge in [0.05, 0.1) is 0 Å². The standard InChI is InChI=1S/C15H8Cl6O/c16-14(17,18)11-7-3-1-5-9(11)13(22)10-6-2-4-8-12(10)15(19,20)21/h1-8H. The minimum atomic E-state index is -1.73. The first kappa shape index (κ1) is 18.2. The zero-order chi connectivity index (χ0) is 16.5. The number of rotatable bonds is 2. The van der Waals surface area contributed by atoms with E-state index in [4.69, 9.17) is 69.6 Å². The molecule has 0 aliphatic rings. The molecule has 0 aliphatic heterocycles. The van der Waals surface area contributed by atoms with E-state index in [1.807, 2.05) is 0 Å². The highest BCUT2D eigenvalue weighted by Crippen LogP contribution is 2.43. The Morgan fingerprint density at radius 3 is 1.27 bits per heavy atom. The molecule has 2 aromatic rings. The first-order valence-corrected chi connectivity index (χ1v) is 8.26. The molecule has 1 nitrogen and oxygen atoms in total. The Morgan fingerprint density at radius 1 is 0.636 bits per heavy atom. The molecule has 0 N–H and O–H groups in total. The lowest BCUT2D eigenvalue weighted by molar-refractivity contribution is 0.103. The zero-order valence-electron chi connectivity index (χ0n) is 10.8. The van der Waals surface area contributed by atoms with Crippen molar-refractivity contribution in [3.05, 3.63) is 70.8 Å². The monoisotopic (exact) mass is 414 g/mol. The smallest absolute Gasteiger partial charge is 0.216 e. The Labute approximate surface area is 158 Å². The van der Waals surface area contributed by atoms with Gasteiger partial charge in [0.2, 0.25) is 7.59 Å². The molecule has 0 atom stereocenters. The van der Waals surface area contributed by atoms with Gasteiger partial charge >= 0.3 is 0 Å². The normalized spacial score (nSPS) is 12.3. The average molecular weight is 417 g/mol. The molecule has 2 aromatic carbocycles. The number of hydrogen-bond acceptors (Lipinski definition) is 1. The SMILES string of the molecule is O=C(c1ccccc1C(Cl)(Cl)Cl)c1ccccc1C(Cl)(Cl)Cl. The quantitative estimate of drug-likeness (QED) is 0.399. The molecule has 0 bridgehead atoms. The van der Waals surface area contributed by atoms with Gasteiger partial charge in [0.25, 0.3) is 0 Å². The molecule has 0 radical (unpaired) electrons. The van der Waals surface area contributed by atoms with Crippen molar-refractivity contribution in [2.75, 3.05) is 0 Å². The molecule has 7 heteroatoms. The maximum Gasteiger partial charge on any atom is 0.216 e. The molecule has 0 spiro atoms. The highest BCUT2D eigenvalue weighted by atomic mass is 35.6. The fraction of sp³-hybridized carbons (Fsp3) is 0.133. The Balaban J connectivity index is 2.61. The van der Waals surface area contributed by atoms with Crippen LogP contribution in [-0.4, -0.2) is 5.78 Å². The zero-order valence-corrected chi connectivity index (χ0v) is 15.3. The third kappa shape index (κ3) is 4.03. The predicted octanol–water partition coefficient (Wildman–Crippen LogP) is 6.57. The van der Waals surface area contributed by atoms with Crippen LogP contribution in [0.2, 0.25) is 0 Å². The van der Waals surface area contributed by atoms with Crippen molar-refractivity contribution < 1.29 is 4.79 Å². The summed E-state index contributed by atoms with van der Waals surface area (Å²) >= 11 is 35.6. The van der Waals surface area contributed by atoms with Crippen molar-refractivity contribution in [3.63, 3.8) is 0 Å². The van der Waals surface area contributed by atoms with Crippen molar-refractivity contribution >= 4 is 75.4 Å². The van der Waals surface area contributed by atoms with Crippen LogP contribution in [0.25, 0.3) is 0 Å². The van der Waals surface area contributed by atoms with Crippen LogP contribution in [0.15, 0.2) is 48.5 Å². The third-order valence-corrected chi connectivity index (χ3v) is 4.18. The Morgan fingerprint density at radius 2 is 0.955 bits per heavy atom. The summed E-state index contributed by atoms with van der Waals surface area (Å²) < 4.78 is -3.47. The van der Waals surface area contributed by atoms with Gasteiger partial charge in [-0.3, -0.25) is 4.79 Å². The summed E-state index contributed by atoms with van der Waals surface area (Å²) in [5, 5.41) is 0. The average Bonchev–Trinajstić information content (AvgIpc) is 2.45. The summed E-state index contributed by atoms with van der Waals surface area (Å²) in [6.45, 7) is 0. The summed E-state index contributed by atoms with van der Waals surface area (Å²) in [6, 6.07) is 13.0. The highest BCUT2D eigenvalue weighted by Gasteiger charge is 2.32. The molecule has 0 fully saturated rings. The Hall–Kier alpha value is -0.150. The van der Waals surface area contributed by atoms with E-state index in [2.05, 4.69) is 0 Å². The van der Waals surface area contributed by atoms with Gasteiger partial charge in [0, 0.05) is 22.3 Å². The van der Waals surface area contributed by atoms with E-state index in [0.29, 0.717) is 0 Å². The molecule has 0 amide bonds. The van der Waals surface area contributed by atoms with Crippen LogP contribution in [-0.2, 0) is 7.59 Å². The van der Waals surface area contributed by atoms with Crippen molar-refractivity contribution in [2.24, 2.45) is 0 Å². The number of alkyl halides is 6. The van der Waals surface area contributed by atoms with Gasteiger partial charge in [-0.2, -0.15) is 0 Å². The first-order valence-electron chi connectivity index (χ1n) is 5.99. The number of benzene rings is 2. The molecule has 116 valence electrons. The van der Waals surface area contributed by atoms with Crippen LogP contribution in [0.1, 0.15) is 27.0 Å². The molecular weight excluding hydrogens is 409 g/mol. The molecule has 0 unspecified atom stereocenters. The van der Waals surface area contributed by atoms with Crippen molar-refractivity contribution in [2.45, 2.75) is 7.59 Å². The lowest BCUT2D eigenvalue weighted by Crippen LogP contribution is -2.15. The highest BCUT2D eigenvalue weighted by molar-refractivity contribution is 6.67. The summed E-state index contributed by atoms with van der Waals surface area (Å²) in [6.07, 6.45) is 0. The summed E-state index contributed by atoms with van der Waals surface area (Å²) in [4.78, 5) is 12.8. The van der Waals surface area contributed by atoms with E-state index in [1.54, 1.807) is 48.5 Å². The molecule has 0 saturated heterocycles. The summed E-state index contributed by atoms with van der Waals surface area (Å²) in [5.74, 6) is -0.385. The van der Waals surface area contributed by atoms with E-state index in [1.165, 1.54) is 0 Å².